The molecule has 1 aromatic rings. The minimum Gasteiger partial charge on any atom is -0.490 e. The van der Waals surface area contributed by atoms with Gasteiger partial charge in [0.25, 0.3) is 5.91 Å². The van der Waals surface area contributed by atoms with Crippen molar-refractivity contribution in [1.82, 2.24) is 4.90 Å². The molecule has 0 aromatic heterocycles. The number of hydrogen-bond donors (Lipinski definition) is 0. The predicted octanol–water partition coefficient (Wildman–Crippen LogP) is 3.52. The van der Waals surface area contributed by atoms with Gasteiger partial charge < -0.3 is 9.47 Å². The fourth-order valence-corrected chi connectivity index (χ4v) is 2.95. The highest BCUT2D eigenvalue weighted by atomic mass is 32.2. The Hall–Kier alpha value is -1.67. The zero-order valence-corrected chi connectivity index (χ0v) is 13.5. The molecule has 118 valence electrons. The Bertz CT molecular complexity index is 635. The van der Waals surface area contributed by atoms with Gasteiger partial charge in [0.2, 0.25) is 0 Å². The van der Waals surface area contributed by atoms with Crippen molar-refractivity contribution >= 4 is 40.3 Å². The molecule has 0 bridgehead atoms. The van der Waals surface area contributed by atoms with Gasteiger partial charge in [-0.3, -0.25) is 9.69 Å². The van der Waals surface area contributed by atoms with Crippen molar-refractivity contribution in [1.29, 1.82) is 0 Å². The standard InChI is InChI=1S/C14H13F2NO3S2/c1-3-19-10-6-8(4-5-9(10)20-13(15)16)7-11-12(18)17(2)14(21)22-11/h4-7,13H,3H2,1-2H3/b11-7-. The Morgan fingerprint density at radius 1 is 1.41 bits per heavy atom. The van der Waals surface area contributed by atoms with Crippen LogP contribution in [0.5, 0.6) is 11.5 Å². The van der Waals surface area contributed by atoms with Crippen molar-refractivity contribution in [2.45, 2.75) is 13.5 Å². The van der Waals surface area contributed by atoms with Gasteiger partial charge in [-0.2, -0.15) is 8.78 Å². The second-order valence-electron chi connectivity index (χ2n) is 4.26. The van der Waals surface area contributed by atoms with E-state index in [-0.39, 0.29) is 17.4 Å². The maximum Gasteiger partial charge on any atom is 0.387 e. The molecule has 1 aromatic carbocycles. The molecule has 2 rings (SSSR count). The van der Waals surface area contributed by atoms with E-state index in [1.165, 1.54) is 22.7 Å². The number of carbonyl (C=O) groups is 1. The first kappa shape index (κ1) is 16.7. The molecule has 0 atom stereocenters. The van der Waals surface area contributed by atoms with Crippen molar-refractivity contribution in [2.24, 2.45) is 0 Å². The number of alkyl halides is 2. The normalized spacial score (nSPS) is 16.8. The molecule has 0 unspecified atom stereocenters. The van der Waals surface area contributed by atoms with Gasteiger partial charge in [0, 0.05) is 7.05 Å². The van der Waals surface area contributed by atoms with Crippen molar-refractivity contribution in [3.8, 4) is 11.5 Å². The summed E-state index contributed by atoms with van der Waals surface area (Å²) in [6, 6.07) is 4.50. The summed E-state index contributed by atoms with van der Waals surface area (Å²) in [5.41, 5.74) is 0.638. The van der Waals surface area contributed by atoms with Gasteiger partial charge in [0.05, 0.1) is 11.5 Å². The van der Waals surface area contributed by atoms with Gasteiger partial charge in [0.15, 0.2) is 11.5 Å². The first-order chi connectivity index (χ1) is 10.4. The van der Waals surface area contributed by atoms with E-state index in [0.29, 0.717) is 21.4 Å². The second kappa shape index (κ2) is 7.06. The van der Waals surface area contributed by atoms with E-state index in [0.717, 1.165) is 0 Å². The molecule has 0 saturated carbocycles. The van der Waals surface area contributed by atoms with Crippen LogP contribution in [0.4, 0.5) is 8.78 Å². The maximum atomic E-state index is 12.3. The van der Waals surface area contributed by atoms with Crippen molar-refractivity contribution in [2.75, 3.05) is 13.7 Å². The molecule has 22 heavy (non-hydrogen) atoms. The van der Waals surface area contributed by atoms with E-state index < -0.39 is 6.61 Å². The molecule has 1 fully saturated rings. The summed E-state index contributed by atoms with van der Waals surface area (Å²) in [5, 5.41) is 0. The third-order valence-corrected chi connectivity index (χ3v) is 4.25. The number of thiocarbonyl (C=S) groups is 1. The molecule has 0 N–H and O–H groups in total. The smallest absolute Gasteiger partial charge is 0.387 e. The number of likely N-dealkylation sites (N-methyl/N-ethyl adjacent to an activating group) is 1. The van der Waals surface area contributed by atoms with Crippen LogP contribution in [0.3, 0.4) is 0 Å². The lowest BCUT2D eigenvalue weighted by Crippen LogP contribution is -2.22. The highest BCUT2D eigenvalue weighted by Crippen LogP contribution is 2.34. The lowest BCUT2D eigenvalue weighted by molar-refractivity contribution is -0.121. The predicted molar refractivity (Wildman–Crippen MR) is 85.2 cm³/mol. The molecule has 0 spiro atoms. The highest BCUT2D eigenvalue weighted by molar-refractivity contribution is 8.26. The number of rotatable bonds is 5. The Kier molecular flexibility index (Phi) is 5.36. The van der Waals surface area contributed by atoms with Crippen LogP contribution in [-0.2, 0) is 4.79 Å². The van der Waals surface area contributed by atoms with E-state index in [1.54, 1.807) is 32.2 Å². The van der Waals surface area contributed by atoms with Gasteiger partial charge in [-0.15, -0.1) is 0 Å². The van der Waals surface area contributed by atoms with E-state index in [9.17, 15) is 13.6 Å². The highest BCUT2D eigenvalue weighted by Gasteiger charge is 2.28. The van der Waals surface area contributed by atoms with Crippen LogP contribution < -0.4 is 9.47 Å². The topological polar surface area (TPSA) is 38.8 Å². The van der Waals surface area contributed by atoms with Crippen molar-refractivity contribution in [3.05, 3.63) is 28.7 Å². The van der Waals surface area contributed by atoms with E-state index in [1.807, 2.05) is 0 Å². The van der Waals surface area contributed by atoms with Crippen LogP contribution in [0.1, 0.15) is 12.5 Å². The lowest BCUT2D eigenvalue weighted by Gasteiger charge is -2.11. The number of amides is 1. The molecule has 1 saturated heterocycles. The van der Waals surface area contributed by atoms with E-state index in [4.69, 9.17) is 17.0 Å². The summed E-state index contributed by atoms with van der Waals surface area (Å²) in [6.45, 7) is -0.886. The fraction of sp³-hybridized carbons (Fsp3) is 0.286. The minimum absolute atomic E-state index is 0.0444. The number of ether oxygens (including phenoxy) is 2. The largest absolute Gasteiger partial charge is 0.490 e. The number of carbonyl (C=O) groups excluding carboxylic acids is 1. The van der Waals surface area contributed by atoms with Crippen LogP contribution in [-0.4, -0.2) is 35.4 Å². The first-order valence-corrected chi connectivity index (χ1v) is 7.58. The molecular weight excluding hydrogens is 332 g/mol. The minimum atomic E-state index is -2.93. The quantitative estimate of drug-likeness (QED) is 0.603. The zero-order valence-electron chi connectivity index (χ0n) is 11.8. The average molecular weight is 345 g/mol. The van der Waals surface area contributed by atoms with Gasteiger partial charge in [-0.25, -0.2) is 0 Å². The van der Waals surface area contributed by atoms with Crippen LogP contribution in [0.15, 0.2) is 23.1 Å². The van der Waals surface area contributed by atoms with Gasteiger partial charge in [-0.05, 0) is 30.7 Å². The molecule has 1 heterocycles. The van der Waals surface area contributed by atoms with Crippen LogP contribution in [0.2, 0.25) is 0 Å². The summed E-state index contributed by atoms with van der Waals surface area (Å²) >= 11 is 6.23. The number of benzene rings is 1. The molecular formula is C14H13F2NO3S2. The van der Waals surface area contributed by atoms with Gasteiger partial charge in [-0.1, -0.05) is 30.0 Å². The lowest BCUT2D eigenvalue weighted by atomic mass is 10.2. The summed E-state index contributed by atoms with van der Waals surface area (Å²) in [5.74, 6) is -0.0403. The van der Waals surface area contributed by atoms with E-state index in [2.05, 4.69) is 4.74 Å². The number of nitrogens with zero attached hydrogens (tertiary/aromatic N) is 1. The summed E-state index contributed by atoms with van der Waals surface area (Å²) in [6.07, 6.45) is 1.64. The summed E-state index contributed by atoms with van der Waals surface area (Å²) in [4.78, 5) is 13.8. The monoisotopic (exact) mass is 345 g/mol. The molecule has 1 amide bonds. The number of thioether (sulfide) groups is 1. The fourth-order valence-electron chi connectivity index (χ4n) is 1.77. The third-order valence-electron chi connectivity index (χ3n) is 2.77. The SMILES string of the molecule is CCOc1cc(/C=C2\SC(=S)N(C)C2=O)ccc1OC(F)F. The third kappa shape index (κ3) is 3.75. The summed E-state index contributed by atoms with van der Waals surface area (Å²) < 4.78 is 34.9. The van der Waals surface area contributed by atoms with Crippen LogP contribution in [0, 0.1) is 0 Å². The average Bonchev–Trinajstić information content (AvgIpc) is 2.69. The number of halogens is 2. The molecule has 8 heteroatoms. The number of hydrogen-bond acceptors (Lipinski definition) is 5. The van der Waals surface area contributed by atoms with Crippen LogP contribution in [0.25, 0.3) is 6.08 Å². The molecule has 0 radical (unpaired) electrons. The van der Waals surface area contributed by atoms with Gasteiger partial charge >= 0.3 is 6.61 Å². The van der Waals surface area contributed by atoms with E-state index >= 15 is 0 Å². The molecule has 1 aliphatic rings. The maximum absolute atomic E-state index is 12.3. The van der Waals surface area contributed by atoms with Crippen LogP contribution >= 0.6 is 24.0 Å². The second-order valence-corrected chi connectivity index (χ2v) is 5.93. The summed E-state index contributed by atoms with van der Waals surface area (Å²) in [7, 11) is 1.60. The van der Waals surface area contributed by atoms with Crippen molar-refractivity contribution in [3.63, 3.8) is 0 Å². The Labute approximate surface area is 136 Å². The molecule has 1 aliphatic heterocycles. The first-order valence-electron chi connectivity index (χ1n) is 6.35. The zero-order chi connectivity index (χ0) is 16.3. The Balaban J connectivity index is 2.31. The van der Waals surface area contributed by atoms with Gasteiger partial charge in [0.1, 0.15) is 4.32 Å². The van der Waals surface area contributed by atoms with Crippen molar-refractivity contribution < 1.29 is 23.0 Å². The Morgan fingerprint density at radius 3 is 2.68 bits per heavy atom. The Morgan fingerprint density at radius 2 is 2.14 bits per heavy atom. The molecule has 0 aliphatic carbocycles. The molecule has 4 nitrogen and oxygen atoms in total.